The van der Waals surface area contributed by atoms with Crippen molar-refractivity contribution < 1.29 is 47.3 Å². The first kappa shape index (κ1) is 32.1. The van der Waals surface area contributed by atoms with Gasteiger partial charge in [-0.1, -0.05) is 27.7 Å². The molecule has 0 N–H and O–H groups in total. The van der Waals surface area contributed by atoms with Crippen molar-refractivity contribution in [1.29, 1.82) is 0 Å². The SMILES string of the molecule is Cc1cc(=O)oc2cc(OC(C)(C)[C@@H](COC(=O)[C@@]34CC[C@@](C)(C(=O)O3)C4(C)C)OC(=O)[C@@]34CC[C@@](C)(C(=O)O3)C4(C)C)ccc12. The molecule has 2 aromatic rings. The van der Waals surface area contributed by atoms with Crippen molar-refractivity contribution in [3.63, 3.8) is 0 Å². The van der Waals surface area contributed by atoms with Crippen molar-refractivity contribution in [2.24, 2.45) is 21.7 Å². The average Bonchev–Trinajstić information content (AvgIpc) is 3.42. The number of carbonyl (C=O) groups excluding carboxylic acids is 4. The summed E-state index contributed by atoms with van der Waals surface area (Å²) in [6.07, 6.45) is 0.310. The first-order valence-corrected chi connectivity index (χ1v) is 15.8. The summed E-state index contributed by atoms with van der Waals surface area (Å²) < 4.78 is 35.2. The van der Waals surface area contributed by atoms with Gasteiger partial charge in [0.05, 0.1) is 10.8 Å². The van der Waals surface area contributed by atoms with E-state index in [9.17, 15) is 24.0 Å². The topological polar surface area (TPSA) is 145 Å². The minimum absolute atomic E-state index is 0.282. The van der Waals surface area contributed by atoms with Crippen LogP contribution in [0.2, 0.25) is 0 Å². The second kappa shape index (κ2) is 9.58. The van der Waals surface area contributed by atoms with Gasteiger partial charge < -0.3 is 28.1 Å². The standard InChI is InChI=1S/C35H42O11/c1-19-16-24(36)42-22-17-20(10-11-21(19)22)44-29(2,3)23(43-28(40)35-15-13-33(9,26(38)46-35)31(35,6)7)18-41-27(39)34-14-12-32(8,25(37)45-34)30(34,4)5/h10-11,16-17,23H,12-15,18H2,1-9H3/t23-,32+,33+,34-,35-/m1/s1. The van der Waals surface area contributed by atoms with Crippen LogP contribution in [0.15, 0.2) is 33.5 Å². The second-order valence-electron chi connectivity index (χ2n) is 15.5. The first-order chi connectivity index (χ1) is 21.2. The lowest BCUT2D eigenvalue weighted by molar-refractivity contribution is -0.203. The van der Waals surface area contributed by atoms with Crippen LogP contribution in [0.4, 0.5) is 0 Å². The summed E-state index contributed by atoms with van der Waals surface area (Å²) in [7, 11) is 0. The van der Waals surface area contributed by atoms with Crippen molar-refractivity contribution in [1.82, 2.24) is 0 Å². The molecule has 0 spiro atoms. The maximum Gasteiger partial charge on any atom is 0.351 e. The molecule has 1 aromatic heterocycles. The van der Waals surface area contributed by atoms with Crippen LogP contribution < -0.4 is 10.4 Å². The molecule has 2 aliphatic carbocycles. The van der Waals surface area contributed by atoms with Gasteiger partial charge in [-0.2, -0.15) is 0 Å². The largest absolute Gasteiger partial charge is 0.484 e. The molecule has 4 fully saturated rings. The number of hydrogen-bond acceptors (Lipinski definition) is 11. The van der Waals surface area contributed by atoms with Crippen molar-refractivity contribution in [2.45, 2.75) is 111 Å². The van der Waals surface area contributed by atoms with Crippen LogP contribution in [0.25, 0.3) is 11.0 Å². The number of fused-ring (bicyclic) bond motifs is 5. The predicted octanol–water partition coefficient (Wildman–Crippen LogP) is 4.96. The minimum Gasteiger partial charge on any atom is -0.484 e. The molecule has 0 unspecified atom stereocenters. The van der Waals surface area contributed by atoms with Gasteiger partial charge in [0, 0.05) is 28.3 Å². The number of aryl methyl sites for hydroxylation is 1. The highest BCUT2D eigenvalue weighted by atomic mass is 16.6. The summed E-state index contributed by atoms with van der Waals surface area (Å²) in [5, 5.41) is 0.729. The summed E-state index contributed by atoms with van der Waals surface area (Å²) >= 11 is 0. The maximum absolute atomic E-state index is 14.1. The fourth-order valence-electron chi connectivity index (χ4n) is 8.01. The molecule has 2 saturated heterocycles. The molecule has 6 rings (SSSR count). The Kier molecular flexibility index (Phi) is 6.67. The van der Waals surface area contributed by atoms with E-state index in [2.05, 4.69) is 0 Å². The lowest BCUT2D eigenvalue weighted by Crippen LogP contribution is -2.55. The van der Waals surface area contributed by atoms with Gasteiger partial charge in [-0.25, -0.2) is 14.4 Å². The van der Waals surface area contributed by atoms with E-state index in [-0.39, 0.29) is 6.42 Å². The van der Waals surface area contributed by atoms with Crippen molar-refractivity contribution in [3.05, 3.63) is 40.2 Å². The minimum atomic E-state index is -1.53. The highest BCUT2D eigenvalue weighted by molar-refractivity contribution is 5.94. The van der Waals surface area contributed by atoms with Crippen LogP contribution in [0, 0.1) is 28.6 Å². The molecule has 2 aliphatic heterocycles. The molecule has 3 heterocycles. The summed E-state index contributed by atoms with van der Waals surface area (Å²) in [5.74, 6) is -2.08. The Hall–Kier alpha value is -3.89. The molecule has 11 heteroatoms. The Bertz CT molecular complexity index is 1750. The Balaban J connectivity index is 1.31. The molecular weight excluding hydrogens is 596 g/mol. The Morgan fingerprint density at radius 1 is 0.826 bits per heavy atom. The number of rotatable bonds is 8. The monoisotopic (exact) mass is 638 g/mol. The van der Waals surface area contributed by atoms with Crippen LogP contribution in [-0.4, -0.2) is 53.4 Å². The average molecular weight is 639 g/mol. The molecule has 5 atom stereocenters. The number of ether oxygens (including phenoxy) is 5. The molecule has 0 amide bonds. The summed E-state index contributed by atoms with van der Waals surface area (Å²) in [4.78, 5) is 65.6. The quantitative estimate of drug-likeness (QED) is 0.220. The van der Waals surface area contributed by atoms with Gasteiger partial charge in [-0.15, -0.1) is 0 Å². The Labute approximate surface area is 267 Å². The highest BCUT2D eigenvalue weighted by Crippen LogP contribution is 2.67. The van der Waals surface area contributed by atoms with Gasteiger partial charge >= 0.3 is 29.5 Å². The Morgan fingerprint density at radius 3 is 1.87 bits per heavy atom. The fourth-order valence-corrected chi connectivity index (χ4v) is 8.01. The molecule has 4 bridgehead atoms. The van der Waals surface area contributed by atoms with Gasteiger partial charge in [-0.05, 0) is 78.0 Å². The molecule has 2 saturated carbocycles. The van der Waals surface area contributed by atoms with E-state index in [4.69, 9.17) is 28.1 Å². The van der Waals surface area contributed by atoms with Crippen LogP contribution in [0.5, 0.6) is 5.75 Å². The maximum atomic E-state index is 14.1. The van der Waals surface area contributed by atoms with E-state index in [1.165, 1.54) is 6.07 Å². The fraction of sp³-hybridized carbons (Fsp3) is 0.629. The Morgan fingerprint density at radius 2 is 1.37 bits per heavy atom. The van der Waals surface area contributed by atoms with E-state index in [1.54, 1.807) is 52.8 Å². The van der Waals surface area contributed by atoms with E-state index in [0.29, 0.717) is 30.6 Å². The first-order valence-electron chi connectivity index (χ1n) is 15.8. The smallest absolute Gasteiger partial charge is 0.351 e. The van der Waals surface area contributed by atoms with Gasteiger partial charge in [0.1, 0.15) is 23.5 Å². The second-order valence-corrected chi connectivity index (χ2v) is 15.5. The third-order valence-corrected chi connectivity index (χ3v) is 12.5. The zero-order valence-corrected chi connectivity index (χ0v) is 27.9. The molecule has 4 aliphatic rings. The molecule has 11 nitrogen and oxygen atoms in total. The van der Waals surface area contributed by atoms with E-state index < -0.39 is 80.7 Å². The number of carbonyl (C=O) groups is 4. The predicted molar refractivity (Wildman–Crippen MR) is 163 cm³/mol. The van der Waals surface area contributed by atoms with E-state index in [1.807, 2.05) is 27.7 Å². The van der Waals surface area contributed by atoms with Crippen LogP contribution >= 0.6 is 0 Å². The van der Waals surface area contributed by atoms with E-state index >= 15 is 0 Å². The van der Waals surface area contributed by atoms with E-state index in [0.717, 1.165) is 10.9 Å². The van der Waals surface area contributed by atoms with Crippen molar-refractivity contribution in [2.75, 3.05) is 6.61 Å². The van der Waals surface area contributed by atoms with Crippen molar-refractivity contribution in [3.8, 4) is 5.75 Å². The zero-order valence-electron chi connectivity index (χ0n) is 27.9. The molecular formula is C35H42O11. The third-order valence-electron chi connectivity index (χ3n) is 12.5. The summed E-state index contributed by atoms with van der Waals surface area (Å²) in [6.45, 7) is 15.6. The lowest BCUT2D eigenvalue weighted by atomic mass is 9.66. The van der Waals surface area contributed by atoms with Gasteiger partial charge in [0.25, 0.3) is 0 Å². The normalized spacial score (nSPS) is 32.6. The van der Waals surface area contributed by atoms with Crippen LogP contribution in [0.1, 0.15) is 86.6 Å². The number of benzene rings is 1. The summed E-state index contributed by atoms with van der Waals surface area (Å²) in [5.41, 5.74) is -7.21. The van der Waals surface area contributed by atoms with Gasteiger partial charge in [0.2, 0.25) is 11.2 Å². The highest BCUT2D eigenvalue weighted by Gasteiger charge is 2.78. The molecule has 1 aromatic carbocycles. The van der Waals surface area contributed by atoms with Crippen LogP contribution in [0.3, 0.4) is 0 Å². The van der Waals surface area contributed by atoms with Crippen molar-refractivity contribution >= 4 is 34.8 Å². The third kappa shape index (κ3) is 3.92. The van der Waals surface area contributed by atoms with Gasteiger partial charge in [0.15, 0.2) is 6.10 Å². The molecule has 46 heavy (non-hydrogen) atoms. The summed E-state index contributed by atoms with van der Waals surface area (Å²) in [6, 6.07) is 6.42. The number of esters is 4. The van der Waals surface area contributed by atoms with Crippen LogP contribution in [-0.2, 0) is 38.1 Å². The molecule has 0 radical (unpaired) electrons. The zero-order chi connectivity index (χ0) is 33.9. The molecule has 248 valence electrons. The van der Waals surface area contributed by atoms with Gasteiger partial charge in [-0.3, -0.25) is 9.59 Å². The lowest BCUT2D eigenvalue weighted by Gasteiger charge is -2.39. The number of hydrogen-bond donors (Lipinski definition) is 0.